The Morgan fingerprint density at radius 2 is 1.84 bits per heavy atom. The van der Waals surface area contributed by atoms with Crippen molar-refractivity contribution in [2.45, 2.75) is 82.0 Å². The van der Waals surface area contributed by atoms with Crippen molar-refractivity contribution in [2.75, 3.05) is 0 Å². The van der Waals surface area contributed by atoms with Crippen LogP contribution in [-0.2, 0) is 14.4 Å². The fraction of sp³-hybridized carbons (Fsp3) is 0.842. The molecule has 6 aliphatic rings. The Kier molecular flexibility index (Phi) is 3.18. The predicted molar refractivity (Wildman–Crippen MR) is 87.0 cm³/mol. The minimum atomic E-state index is -1.07. The van der Waals surface area contributed by atoms with Gasteiger partial charge < -0.3 is 4.90 Å². The first-order chi connectivity index (χ1) is 11.8. The van der Waals surface area contributed by atoms with Gasteiger partial charge in [-0.05, 0) is 68.6 Å². The van der Waals surface area contributed by atoms with Crippen LogP contribution < -0.4 is 5.32 Å². The van der Waals surface area contributed by atoms with Gasteiger partial charge in [-0.1, -0.05) is 0 Å². The molecule has 25 heavy (non-hydrogen) atoms. The zero-order valence-electron chi connectivity index (χ0n) is 14.4. The summed E-state index contributed by atoms with van der Waals surface area (Å²) >= 11 is 0. The van der Waals surface area contributed by atoms with E-state index in [0.717, 1.165) is 32.1 Å². The van der Waals surface area contributed by atoms with Gasteiger partial charge in [-0.3, -0.25) is 19.7 Å². The first-order valence-corrected chi connectivity index (χ1v) is 9.69. The molecule has 0 aromatic carbocycles. The van der Waals surface area contributed by atoms with Gasteiger partial charge in [-0.15, -0.1) is 0 Å². The van der Waals surface area contributed by atoms with Crippen molar-refractivity contribution in [3.63, 3.8) is 0 Å². The molecule has 5 aliphatic carbocycles. The summed E-state index contributed by atoms with van der Waals surface area (Å²) in [5.41, 5.74) is -1.29. The molecule has 1 heterocycles. The fourth-order valence-electron chi connectivity index (χ4n) is 6.70. The fourth-order valence-corrected chi connectivity index (χ4v) is 6.70. The number of nitrogens with zero attached hydrogens (tertiary/aromatic N) is 1. The number of imide groups is 1. The summed E-state index contributed by atoms with van der Waals surface area (Å²) in [4.78, 5) is 38.5. The summed E-state index contributed by atoms with van der Waals surface area (Å²) in [6, 6.07) is -0.567. The standard InChI is InChI=1S/C19H25FN2O3/c20-19-7-11-3-12(8-19)6-18(5-11,10-19)9-16(24)22(13-1-2-13)14-4-15(23)21-17(14)25/h11-14H,1-10H2,(H,21,23,25). The Bertz CT molecular complexity index is 645. The van der Waals surface area contributed by atoms with Gasteiger partial charge in [0.1, 0.15) is 11.7 Å². The average molecular weight is 348 g/mol. The van der Waals surface area contributed by atoms with E-state index in [1.165, 1.54) is 0 Å². The van der Waals surface area contributed by atoms with E-state index >= 15 is 4.39 Å². The molecule has 0 aromatic heterocycles. The van der Waals surface area contributed by atoms with E-state index < -0.39 is 11.7 Å². The number of carbonyl (C=O) groups is 3. The molecule has 6 rings (SSSR count). The smallest absolute Gasteiger partial charge is 0.249 e. The highest BCUT2D eigenvalue weighted by atomic mass is 19.1. The second kappa shape index (κ2) is 5.04. The van der Waals surface area contributed by atoms with Crippen LogP contribution in [0.3, 0.4) is 0 Å². The summed E-state index contributed by atoms with van der Waals surface area (Å²) in [5.74, 6) is 0.154. The lowest BCUT2D eigenvalue weighted by Gasteiger charge is -2.59. The van der Waals surface area contributed by atoms with Gasteiger partial charge in [0.05, 0.1) is 6.42 Å². The molecule has 6 heteroatoms. The van der Waals surface area contributed by atoms with Crippen molar-refractivity contribution in [1.29, 1.82) is 0 Å². The van der Waals surface area contributed by atoms with Crippen LogP contribution in [0.5, 0.6) is 0 Å². The van der Waals surface area contributed by atoms with Crippen molar-refractivity contribution >= 4 is 17.7 Å². The van der Waals surface area contributed by atoms with E-state index in [-0.39, 0.29) is 35.6 Å². The molecule has 5 nitrogen and oxygen atoms in total. The van der Waals surface area contributed by atoms with Crippen LogP contribution in [0.15, 0.2) is 0 Å². The van der Waals surface area contributed by atoms with Gasteiger partial charge in [0.15, 0.2) is 0 Å². The number of amides is 3. The number of rotatable bonds is 4. The third kappa shape index (κ3) is 2.59. The highest BCUT2D eigenvalue weighted by molar-refractivity contribution is 6.06. The lowest BCUT2D eigenvalue weighted by molar-refractivity contribution is -0.154. The summed E-state index contributed by atoms with van der Waals surface area (Å²) in [6.07, 6.45) is 7.10. The maximum atomic E-state index is 15.1. The van der Waals surface area contributed by atoms with Crippen LogP contribution in [0.4, 0.5) is 4.39 Å². The number of nitrogens with one attached hydrogen (secondary N) is 1. The molecule has 3 atom stereocenters. The van der Waals surface area contributed by atoms with Crippen LogP contribution in [-0.4, -0.2) is 40.4 Å². The van der Waals surface area contributed by atoms with E-state index in [0.29, 0.717) is 37.5 Å². The SMILES string of the molecule is O=C1CC(N(C(=O)CC23CC4CC(CC(F)(C4)C2)C3)C2CC2)C(=O)N1. The molecular weight excluding hydrogens is 323 g/mol. The molecule has 0 radical (unpaired) electrons. The number of hydrogen-bond acceptors (Lipinski definition) is 3. The second-order valence-electron chi connectivity index (χ2n) is 9.45. The lowest BCUT2D eigenvalue weighted by Crippen LogP contribution is -2.55. The zero-order chi connectivity index (χ0) is 17.4. The van der Waals surface area contributed by atoms with Crippen molar-refractivity contribution in [3.05, 3.63) is 0 Å². The molecule has 5 saturated carbocycles. The van der Waals surface area contributed by atoms with E-state index in [2.05, 4.69) is 5.32 Å². The van der Waals surface area contributed by atoms with Crippen LogP contribution in [0.1, 0.15) is 64.2 Å². The monoisotopic (exact) mass is 348 g/mol. The number of carbonyl (C=O) groups excluding carboxylic acids is 3. The Morgan fingerprint density at radius 1 is 1.16 bits per heavy atom. The number of alkyl halides is 1. The third-order valence-electron chi connectivity index (χ3n) is 7.15. The quantitative estimate of drug-likeness (QED) is 0.791. The van der Waals surface area contributed by atoms with Gasteiger partial charge in [0.25, 0.3) is 0 Å². The van der Waals surface area contributed by atoms with Gasteiger partial charge >= 0.3 is 0 Å². The molecule has 1 saturated heterocycles. The van der Waals surface area contributed by atoms with Gasteiger partial charge in [0, 0.05) is 12.5 Å². The third-order valence-corrected chi connectivity index (χ3v) is 7.15. The van der Waals surface area contributed by atoms with Crippen LogP contribution in [0.25, 0.3) is 0 Å². The van der Waals surface area contributed by atoms with E-state index in [1.807, 2.05) is 0 Å². The Balaban J connectivity index is 1.37. The second-order valence-corrected chi connectivity index (χ2v) is 9.45. The molecule has 6 fully saturated rings. The number of halogens is 1. The maximum absolute atomic E-state index is 15.1. The Labute approximate surface area is 146 Å². The van der Waals surface area contributed by atoms with Gasteiger partial charge in [-0.2, -0.15) is 0 Å². The normalized spacial score (nSPS) is 44.9. The summed E-state index contributed by atoms with van der Waals surface area (Å²) < 4.78 is 15.1. The highest BCUT2D eigenvalue weighted by Crippen LogP contribution is 2.64. The van der Waals surface area contributed by atoms with E-state index in [4.69, 9.17) is 0 Å². The number of hydrogen-bond donors (Lipinski definition) is 1. The van der Waals surface area contributed by atoms with Crippen molar-refractivity contribution in [3.8, 4) is 0 Å². The van der Waals surface area contributed by atoms with Gasteiger partial charge in [0.2, 0.25) is 17.7 Å². The molecule has 0 aromatic rings. The predicted octanol–water partition coefficient (Wildman–Crippen LogP) is 2.09. The first kappa shape index (κ1) is 15.8. The van der Waals surface area contributed by atoms with Crippen LogP contribution >= 0.6 is 0 Å². The Morgan fingerprint density at radius 3 is 2.36 bits per heavy atom. The molecule has 3 amide bonds. The minimum absolute atomic E-state index is 0.0390. The van der Waals surface area contributed by atoms with Crippen LogP contribution in [0.2, 0.25) is 0 Å². The molecule has 1 aliphatic heterocycles. The zero-order valence-corrected chi connectivity index (χ0v) is 14.4. The molecule has 1 N–H and O–H groups in total. The van der Waals surface area contributed by atoms with E-state index in [9.17, 15) is 14.4 Å². The molecule has 136 valence electrons. The van der Waals surface area contributed by atoms with Crippen molar-refractivity contribution in [2.24, 2.45) is 17.3 Å². The average Bonchev–Trinajstić information content (AvgIpc) is 3.22. The Hall–Kier alpha value is -1.46. The molecule has 3 unspecified atom stereocenters. The largest absolute Gasteiger partial charge is 0.327 e. The van der Waals surface area contributed by atoms with Crippen molar-refractivity contribution in [1.82, 2.24) is 10.2 Å². The lowest BCUT2D eigenvalue weighted by atomic mass is 9.47. The molecular formula is C19H25FN2O3. The topological polar surface area (TPSA) is 66.5 Å². The highest BCUT2D eigenvalue weighted by Gasteiger charge is 2.59. The van der Waals surface area contributed by atoms with Crippen molar-refractivity contribution < 1.29 is 18.8 Å². The minimum Gasteiger partial charge on any atom is -0.327 e. The molecule has 4 bridgehead atoms. The van der Waals surface area contributed by atoms with E-state index in [1.54, 1.807) is 4.90 Å². The summed E-state index contributed by atoms with van der Waals surface area (Å²) in [7, 11) is 0. The van der Waals surface area contributed by atoms with Crippen LogP contribution in [0, 0.1) is 17.3 Å². The summed E-state index contributed by atoms with van der Waals surface area (Å²) in [6.45, 7) is 0. The maximum Gasteiger partial charge on any atom is 0.249 e. The molecule has 0 spiro atoms. The summed E-state index contributed by atoms with van der Waals surface area (Å²) in [5, 5.41) is 2.32. The first-order valence-electron chi connectivity index (χ1n) is 9.69. The van der Waals surface area contributed by atoms with Gasteiger partial charge in [-0.25, -0.2) is 4.39 Å².